The Balaban J connectivity index is 1.49. The summed E-state index contributed by atoms with van der Waals surface area (Å²) in [5.74, 6) is 3.07. The molecule has 1 aromatic heterocycles. The van der Waals surface area contributed by atoms with Gasteiger partial charge in [-0.05, 0) is 68.4 Å². The summed E-state index contributed by atoms with van der Waals surface area (Å²) >= 11 is 0. The average Bonchev–Trinajstić information content (AvgIpc) is 3.19. The molecule has 1 heterocycles. The van der Waals surface area contributed by atoms with E-state index in [9.17, 15) is 4.79 Å². The first-order valence-corrected chi connectivity index (χ1v) is 11.2. The molecule has 0 spiro atoms. The minimum absolute atomic E-state index is 0.0671. The lowest BCUT2D eigenvalue weighted by Gasteiger charge is -2.59. The van der Waals surface area contributed by atoms with E-state index in [2.05, 4.69) is 35.0 Å². The third kappa shape index (κ3) is 2.81. The summed E-state index contributed by atoms with van der Waals surface area (Å²) < 4.78 is 2.11. The van der Waals surface area contributed by atoms with Crippen LogP contribution in [0.5, 0.6) is 0 Å². The third-order valence-electron chi connectivity index (χ3n) is 7.63. The molecule has 0 atom stereocenters. The molecule has 4 aliphatic carbocycles. The lowest BCUT2D eigenvalue weighted by molar-refractivity contribution is -0.111. The summed E-state index contributed by atoms with van der Waals surface area (Å²) in [4.78, 5) is 19.7. The predicted molar refractivity (Wildman–Crippen MR) is 118 cm³/mol. The zero-order chi connectivity index (χ0) is 20.1. The van der Waals surface area contributed by atoms with E-state index in [0.717, 1.165) is 66.3 Å². The fourth-order valence-corrected chi connectivity index (χ4v) is 6.80. The Morgan fingerprint density at radius 2 is 1.43 bits per heavy atom. The van der Waals surface area contributed by atoms with Crippen molar-refractivity contribution >= 4 is 12.4 Å². The second kappa shape index (κ2) is 6.83. The fourth-order valence-electron chi connectivity index (χ4n) is 6.80. The summed E-state index contributed by atoms with van der Waals surface area (Å²) in [7, 11) is 0. The second-order valence-corrected chi connectivity index (χ2v) is 9.62. The number of hydrogen-bond donors (Lipinski definition) is 0. The predicted octanol–water partition coefficient (Wildman–Crippen LogP) is 5.47. The molecule has 7 rings (SSSR count). The molecule has 30 heavy (non-hydrogen) atoms. The highest BCUT2D eigenvalue weighted by atomic mass is 16.1. The summed E-state index contributed by atoms with van der Waals surface area (Å²) in [5, 5.41) is 0. The van der Waals surface area contributed by atoms with Crippen molar-refractivity contribution in [3.8, 4) is 16.9 Å². The SMILES string of the molecule is O=CN(c1nc(-c2ccccc2)cn1-c1ccccc1)C12CC3CC(CC(C3)C1)C2. The molecule has 4 fully saturated rings. The van der Waals surface area contributed by atoms with Gasteiger partial charge in [-0.25, -0.2) is 4.98 Å². The smallest absolute Gasteiger partial charge is 0.217 e. The largest absolute Gasteiger partial charge is 0.285 e. The Morgan fingerprint density at radius 3 is 2.00 bits per heavy atom. The molecule has 0 saturated heterocycles. The topological polar surface area (TPSA) is 38.1 Å². The van der Waals surface area contributed by atoms with E-state index in [1.807, 2.05) is 41.3 Å². The number of carbonyl (C=O) groups excluding carboxylic acids is 1. The van der Waals surface area contributed by atoms with Gasteiger partial charge in [0.25, 0.3) is 0 Å². The van der Waals surface area contributed by atoms with Crippen LogP contribution in [0.25, 0.3) is 16.9 Å². The van der Waals surface area contributed by atoms with Gasteiger partial charge in [-0.15, -0.1) is 0 Å². The maximum absolute atomic E-state index is 12.6. The molecule has 152 valence electrons. The minimum Gasteiger partial charge on any atom is -0.285 e. The first-order chi connectivity index (χ1) is 14.7. The number of benzene rings is 2. The van der Waals surface area contributed by atoms with Gasteiger partial charge in [-0.1, -0.05) is 48.5 Å². The van der Waals surface area contributed by atoms with E-state index in [-0.39, 0.29) is 5.54 Å². The zero-order valence-electron chi connectivity index (χ0n) is 17.2. The van der Waals surface area contributed by atoms with Crippen molar-refractivity contribution in [1.82, 2.24) is 9.55 Å². The summed E-state index contributed by atoms with van der Waals surface area (Å²) in [6.45, 7) is 0. The maximum atomic E-state index is 12.6. The van der Waals surface area contributed by atoms with Crippen LogP contribution in [0.1, 0.15) is 38.5 Å². The number of rotatable bonds is 5. The van der Waals surface area contributed by atoms with Crippen LogP contribution in [-0.4, -0.2) is 21.5 Å². The highest BCUT2D eigenvalue weighted by molar-refractivity contribution is 5.77. The summed E-state index contributed by atoms with van der Waals surface area (Å²) in [6, 6.07) is 20.5. The van der Waals surface area contributed by atoms with E-state index in [1.54, 1.807) is 0 Å². The number of para-hydroxylation sites is 1. The Hall–Kier alpha value is -2.88. The molecule has 4 bridgehead atoms. The highest BCUT2D eigenvalue weighted by Crippen LogP contribution is 2.58. The van der Waals surface area contributed by atoms with Gasteiger partial charge < -0.3 is 0 Å². The molecule has 4 nitrogen and oxygen atoms in total. The number of hydrogen-bond acceptors (Lipinski definition) is 2. The third-order valence-corrected chi connectivity index (χ3v) is 7.63. The second-order valence-electron chi connectivity index (χ2n) is 9.62. The standard InChI is InChI=1S/C26H27N3O/c30-18-29(26-14-19-11-20(15-26)13-21(12-19)16-26)25-27-24(22-7-3-1-4-8-22)17-28(25)23-9-5-2-6-10-23/h1-10,17-21H,11-16H2. The van der Waals surface area contributed by atoms with Gasteiger partial charge in [0.15, 0.2) is 0 Å². The average molecular weight is 398 g/mol. The molecule has 0 aliphatic heterocycles. The van der Waals surface area contributed by atoms with Crippen molar-refractivity contribution < 1.29 is 4.79 Å². The van der Waals surface area contributed by atoms with E-state index in [4.69, 9.17) is 4.98 Å². The lowest BCUT2D eigenvalue weighted by atomic mass is 9.52. The van der Waals surface area contributed by atoms with E-state index in [1.165, 1.54) is 19.3 Å². The summed E-state index contributed by atoms with van der Waals surface area (Å²) in [5.41, 5.74) is 2.96. The molecule has 4 heteroatoms. The van der Waals surface area contributed by atoms with Crippen molar-refractivity contribution in [3.63, 3.8) is 0 Å². The molecule has 0 unspecified atom stereocenters. The number of carbonyl (C=O) groups is 1. The molecule has 0 N–H and O–H groups in total. The Kier molecular flexibility index (Phi) is 4.08. The molecule has 1 amide bonds. The molecule has 4 aliphatic rings. The quantitative estimate of drug-likeness (QED) is 0.535. The molecule has 3 aromatic rings. The van der Waals surface area contributed by atoms with Gasteiger partial charge in [0.2, 0.25) is 12.4 Å². The normalized spacial score (nSPS) is 29.1. The van der Waals surface area contributed by atoms with E-state index in [0.29, 0.717) is 0 Å². The number of aromatic nitrogens is 2. The van der Waals surface area contributed by atoms with Gasteiger partial charge in [0.1, 0.15) is 0 Å². The van der Waals surface area contributed by atoms with Gasteiger partial charge >= 0.3 is 0 Å². The number of nitrogens with zero attached hydrogens (tertiary/aromatic N) is 3. The Morgan fingerprint density at radius 1 is 0.867 bits per heavy atom. The molecule has 2 aromatic carbocycles. The molecule has 0 radical (unpaired) electrons. The van der Waals surface area contributed by atoms with Crippen LogP contribution in [0.2, 0.25) is 0 Å². The van der Waals surface area contributed by atoms with Crippen LogP contribution in [0.4, 0.5) is 5.95 Å². The monoisotopic (exact) mass is 397 g/mol. The zero-order valence-corrected chi connectivity index (χ0v) is 17.2. The van der Waals surface area contributed by atoms with Crippen molar-refractivity contribution in [2.75, 3.05) is 4.90 Å². The Labute approximate surface area is 177 Å². The van der Waals surface area contributed by atoms with Crippen LogP contribution in [0, 0.1) is 17.8 Å². The first-order valence-electron chi connectivity index (χ1n) is 11.2. The van der Waals surface area contributed by atoms with Gasteiger partial charge in [0.05, 0.1) is 11.2 Å². The van der Waals surface area contributed by atoms with Crippen molar-refractivity contribution in [3.05, 3.63) is 66.9 Å². The minimum atomic E-state index is -0.0671. The van der Waals surface area contributed by atoms with Crippen molar-refractivity contribution in [2.24, 2.45) is 17.8 Å². The Bertz CT molecular complexity index is 1020. The van der Waals surface area contributed by atoms with Crippen molar-refractivity contribution in [1.29, 1.82) is 0 Å². The van der Waals surface area contributed by atoms with Gasteiger partial charge in [-0.3, -0.25) is 14.3 Å². The summed E-state index contributed by atoms with van der Waals surface area (Å²) in [6.07, 6.45) is 10.6. The van der Waals surface area contributed by atoms with Crippen molar-refractivity contribution in [2.45, 2.75) is 44.1 Å². The molecule has 4 saturated carbocycles. The van der Waals surface area contributed by atoms with Crippen LogP contribution in [0.3, 0.4) is 0 Å². The van der Waals surface area contributed by atoms with Gasteiger partial charge in [0, 0.05) is 17.4 Å². The van der Waals surface area contributed by atoms with Crippen LogP contribution < -0.4 is 4.90 Å². The molecular weight excluding hydrogens is 370 g/mol. The van der Waals surface area contributed by atoms with E-state index >= 15 is 0 Å². The number of imidazole rings is 1. The fraction of sp³-hybridized carbons (Fsp3) is 0.385. The van der Waals surface area contributed by atoms with E-state index < -0.39 is 0 Å². The highest BCUT2D eigenvalue weighted by Gasteiger charge is 2.54. The lowest BCUT2D eigenvalue weighted by Crippen LogP contribution is -2.60. The van der Waals surface area contributed by atoms with Crippen LogP contribution >= 0.6 is 0 Å². The molecular formula is C26H27N3O. The first kappa shape index (κ1) is 17.9. The van der Waals surface area contributed by atoms with Gasteiger partial charge in [-0.2, -0.15) is 0 Å². The van der Waals surface area contributed by atoms with Crippen LogP contribution in [0.15, 0.2) is 66.9 Å². The maximum Gasteiger partial charge on any atom is 0.217 e. The number of amides is 1. The number of anilines is 1. The van der Waals surface area contributed by atoms with Crippen LogP contribution in [-0.2, 0) is 4.79 Å².